The number of carbonyl (C=O) groups excluding carboxylic acids is 2. The minimum Gasteiger partial charge on any atom is -0.453 e. The third-order valence-corrected chi connectivity index (χ3v) is 1.96. The molecule has 5 nitrogen and oxygen atoms in total. The van der Waals surface area contributed by atoms with E-state index in [1.54, 1.807) is 0 Å². The molecule has 0 aromatic carbocycles. The fourth-order valence-electron chi connectivity index (χ4n) is 1.08. The molecule has 0 aromatic heterocycles. The molecule has 0 bridgehead atoms. The van der Waals surface area contributed by atoms with Crippen molar-refractivity contribution in [2.45, 2.75) is 33.2 Å². The van der Waals surface area contributed by atoms with E-state index in [-0.39, 0.29) is 13.3 Å². The van der Waals surface area contributed by atoms with Crippen LogP contribution >= 0.6 is 0 Å². The topological polar surface area (TPSA) is 67.4 Å². The molecule has 0 aliphatic rings. The van der Waals surface area contributed by atoms with Crippen molar-refractivity contribution < 1.29 is 15.8 Å². The van der Waals surface area contributed by atoms with Gasteiger partial charge in [-0.1, -0.05) is 20.8 Å². The summed E-state index contributed by atoms with van der Waals surface area (Å²) in [7, 11) is 1.27. The monoisotopic (exact) mass is 218 g/mol. The van der Waals surface area contributed by atoms with Crippen LogP contribution in [0.2, 0.25) is 0 Å². The van der Waals surface area contributed by atoms with E-state index in [2.05, 4.69) is 15.4 Å². The van der Waals surface area contributed by atoms with Gasteiger partial charge in [-0.2, -0.15) is 0 Å². The predicted molar refractivity (Wildman–Crippen MR) is 59.6 cm³/mol. The maximum Gasteiger partial charge on any atom is 0.407 e. The Labute approximate surface area is 92.0 Å². The van der Waals surface area contributed by atoms with Gasteiger partial charge < -0.3 is 15.4 Å². The summed E-state index contributed by atoms with van der Waals surface area (Å²) >= 11 is 0. The Morgan fingerprint density at radius 1 is 1.40 bits per heavy atom. The first-order valence-corrected chi connectivity index (χ1v) is 5.15. The van der Waals surface area contributed by atoms with E-state index in [1.807, 2.05) is 20.8 Å². The second kappa shape index (κ2) is 7.09. The maximum absolute atomic E-state index is 11.6. The summed E-state index contributed by atoms with van der Waals surface area (Å²) in [5, 5.41) is 5.24. The van der Waals surface area contributed by atoms with E-state index in [0.717, 1.165) is 6.42 Å². The molecule has 5 heteroatoms. The minimum atomic E-state index is -0.583. The van der Waals surface area contributed by atoms with E-state index in [1.165, 1.54) is 7.11 Å². The summed E-state index contributed by atoms with van der Waals surface area (Å²) in [6, 6.07) is -0.538. The van der Waals surface area contributed by atoms with Gasteiger partial charge in [0.15, 0.2) is 0 Å². The van der Waals surface area contributed by atoms with Gasteiger partial charge in [-0.15, -0.1) is 0 Å². The van der Waals surface area contributed by atoms with Crippen molar-refractivity contribution in [2.24, 2.45) is 5.92 Å². The lowest BCUT2D eigenvalue weighted by atomic mass is 10.0. The zero-order chi connectivity index (χ0) is 11.8. The van der Waals surface area contributed by atoms with Gasteiger partial charge in [0, 0.05) is 7.97 Å². The molecule has 0 unspecified atom stereocenters. The normalized spacial score (nSPS) is 12.1. The van der Waals surface area contributed by atoms with Crippen LogP contribution in [0.3, 0.4) is 0 Å². The second-order valence-electron chi connectivity index (χ2n) is 3.65. The average Bonchev–Trinajstić information content (AvgIpc) is 2.21. The van der Waals surface area contributed by atoms with Crippen LogP contribution in [0.25, 0.3) is 0 Å². The Morgan fingerprint density at radius 2 is 2.00 bits per heavy atom. The molecule has 0 aromatic rings. The highest BCUT2D eigenvalue weighted by Gasteiger charge is 2.23. The highest BCUT2D eigenvalue weighted by atomic mass is 16.5. The molecule has 0 radical (unpaired) electrons. The van der Waals surface area contributed by atoms with Gasteiger partial charge in [-0.3, -0.25) is 4.79 Å². The van der Waals surface area contributed by atoms with Crippen LogP contribution < -0.4 is 10.6 Å². The van der Waals surface area contributed by atoms with Crippen molar-refractivity contribution in [3.63, 3.8) is 0 Å². The maximum atomic E-state index is 11.6. The molecule has 0 rings (SSSR count). The zero-order valence-electron chi connectivity index (χ0n) is 9.79. The lowest BCUT2D eigenvalue weighted by Crippen LogP contribution is -2.49. The van der Waals surface area contributed by atoms with E-state index in [4.69, 9.17) is 0 Å². The first-order chi connectivity index (χ1) is 7.02. The summed E-state index contributed by atoms with van der Waals surface area (Å²) in [5.74, 6) is -0.141. The van der Waals surface area contributed by atoms with E-state index in [0.29, 0.717) is 6.54 Å². The third-order valence-electron chi connectivity index (χ3n) is 1.96. The highest BCUT2D eigenvalue weighted by Crippen LogP contribution is 2.02. The molecule has 0 spiro atoms. The van der Waals surface area contributed by atoms with Crippen LogP contribution in [0.4, 0.5) is 4.79 Å². The Bertz CT molecular complexity index is 222. The first-order valence-electron chi connectivity index (χ1n) is 5.15. The third kappa shape index (κ3) is 5.24. The Hall–Kier alpha value is -1.26. The summed E-state index contributed by atoms with van der Waals surface area (Å²) < 4.78 is 4.46. The molecule has 2 amide bonds. The highest BCUT2D eigenvalue weighted by molar-refractivity contribution is 5.85. The van der Waals surface area contributed by atoms with Crippen molar-refractivity contribution in [1.82, 2.24) is 10.6 Å². The van der Waals surface area contributed by atoms with Gasteiger partial charge >= 0.3 is 6.09 Å². The fraction of sp³-hybridized carbons (Fsp3) is 0.800. The summed E-state index contributed by atoms with van der Waals surface area (Å²) in [6.45, 7) is 6.32. The average molecular weight is 218 g/mol. The Kier molecular flexibility index (Phi) is 6.49. The van der Waals surface area contributed by atoms with Crippen LogP contribution in [-0.4, -0.2) is 31.7 Å². The van der Waals surface area contributed by atoms with Gasteiger partial charge in [0.05, 0.1) is 7.11 Å². The number of rotatable bonds is 5. The fourth-order valence-corrected chi connectivity index (χ4v) is 1.08. The van der Waals surface area contributed by atoms with E-state index >= 15 is 0 Å². The van der Waals surface area contributed by atoms with Crippen LogP contribution in [0.5, 0.6) is 0 Å². The predicted octanol–water partition coefficient (Wildman–Crippen LogP) is 1.14. The quantitative estimate of drug-likeness (QED) is 0.727. The standard InChI is InChI=1S/C10H20N2O3.H2/c1-5-6-11-9(13)8(7(2)3)12-10(14)15-4;/h7-8H,5-6H2,1-4H3,(H,11,13)(H,12,14);1H/t8-;/m0./s1. The Morgan fingerprint density at radius 3 is 2.40 bits per heavy atom. The van der Waals surface area contributed by atoms with E-state index in [9.17, 15) is 9.59 Å². The number of methoxy groups -OCH3 is 1. The van der Waals surface area contributed by atoms with Crippen molar-refractivity contribution >= 4 is 12.0 Å². The molecule has 0 aliphatic carbocycles. The molecule has 15 heavy (non-hydrogen) atoms. The molecule has 0 fully saturated rings. The molecule has 2 N–H and O–H groups in total. The van der Waals surface area contributed by atoms with Gasteiger partial charge in [0.2, 0.25) is 5.91 Å². The van der Waals surface area contributed by atoms with Gasteiger partial charge in [0.25, 0.3) is 0 Å². The smallest absolute Gasteiger partial charge is 0.407 e. The molecule has 0 aliphatic heterocycles. The summed E-state index contributed by atoms with van der Waals surface area (Å²) in [5.41, 5.74) is 0. The molecule has 0 saturated carbocycles. The first kappa shape index (κ1) is 13.7. The van der Waals surface area contributed by atoms with Gasteiger partial charge in [0.1, 0.15) is 6.04 Å². The number of amides is 2. The molecule has 0 heterocycles. The molecule has 90 valence electrons. The lowest BCUT2D eigenvalue weighted by Gasteiger charge is -2.20. The number of carbonyl (C=O) groups is 2. The summed E-state index contributed by atoms with van der Waals surface area (Å²) in [4.78, 5) is 22.6. The Balaban J connectivity index is 0. The van der Waals surface area contributed by atoms with Gasteiger partial charge in [-0.05, 0) is 12.3 Å². The molecule has 0 saturated heterocycles. The minimum absolute atomic E-state index is 0. The number of alkyl carbamates (subject to hydrolysis) is 1. The van der Waals surface area contributed by atoms with Crippen LogP contribution in [0, 0.1) is 5.92 Å². The number of hydrogen-bond acceptors (Lipinski definition) is 3. The van der Waals surface area contributed by atoms with Crippen molar-refractivity contribution in [2.75, 3.05) is 13.7 Å². The van der Waals surface area contributed by atoms with Crippen molar-refractivity contribution in [3.05, 3.63) is 0 Å². The summed E-state index contributed by atoms with van der Waals surface area (Å²) in [6.07, 6.45) is 0.287. The molecular formula is C10H22N2O3. The largest absolute Gasteiger partial charge is 0.453 e. The van der Waals surface area contributed by atoms with Crippen molar-refractivity contribution in [3.8, 4) is 0 Å². The molecular weight excluding hydrogens is 196 g/mol. The van der Waals surface area contributed by atoms with E-state index < -0.39 is 12.1 Å². The lowest BCUT2D eigenvalue weighted by molar-refractivity contribution is -0.124. The van der Waals surface area contributed by atoms with Gasteiger partial charge in [-0.25, -0.2) is 4.79 Å². The molecule has 1 atom stereocenters. The number of nitrogens with one attached hydrogen (secondary N) is 2. The SMILES string of the molecule is CCCNC(=O)[C@@H](NC(=O)OC)C(C)C.[HH]. The van der Waals surface area contributed by atoms with Crippen LogP contribution in [0.1, 0.15) is 28.6 Å². The van der Waals surface area contributed by atoms with Crippen LogP contribution in [-0.2, 0) is 9.53 Å². The number of ether oxygens (including phenoxy) is 1. The number of hydrogen-bond donors (Lipinski definition) is 2. The zero-order valence-corrected chi connectivity index (χ0v) is 9.79. The van der Waals surface area contributed by atoms with Crippen molar-refractivity contribution in [1.29, 1.82) is 0 Å². The van der Waals surface area contributed by atoms with Crippen LogP contribution in [0.15, 0.2) is 0 Å². The second-order valence-corrected chi connectivity index (χ2v) is 3.65.